The van der Waals surface area contributed by atoms with Crippen LogP contribution in [0.1, 0.15) is 37.7 Å². The number of anilines is 1. The van der Waals surface area contributed by atoms with Crippen molar-refractivity contribution < 1.29 is 18.6 Å². The van der Waals surface area contributed by atoms with Crippen molar-refractivity contribution in [2.75, 3.05) is 37.7 Å². The van der Waals surface area contributed by atoms with Crippen LogP contribution in [-0.2, 0) is 0 Å². The number of piperazine rings is 1. The van der Waals surface area contributed by atoms with Crippen LogP contribution in [0.4, 0.5) is 14.6 Å². The van der Waals surface area contributed by atoms with Gasteiger partial charge in [0.05, 0.1) is 22.2 Å². The molecular weight excluding hydrogens is 550 g/mol. The lowest BCUT2D eigenvalue weighted by molar-refractivity contribution is 0.107. The number of benzene rings is 2. The molecule has 6 heterocycles. The molecule has 4 aliphatic heterocycles. The van der Waals surface area contributed by atoms with Crippen LogP contribution >= 0.6 is 0 Å². The second-order valence-electron chi connectivity index (χ2n) is 12.5. The van der Waals surface area contributed by atoms with E-state index < -0.39 is 12.0 Å². The Labute approximate surface area is 248 Å². The number of phenols is 1. The van der Waals surface area contributed by atoms with Gasteiger partial charge in [-0.05, 0) is 67.9 Å². The summed E-state index contributed by atoms with van der Waals surface area (Å²) in [5.74, 6) is 2.73. The van der Waals surface area contributed by atoms with Crippen LogP contribution in [0.2, 0.25) is 0 Å². The number of rotatable bonds is 5. The van der Waals surface area contributed by atoms with Crippen LogP contribution < -0.4 is 15.0 Å². The summed E-state index contributed by atoms with van der Waals surface area (Å²) in [7, 11) is 0. The van der Waals surface area contributed by atoms with E-state index in [4.69, 9.17) is 26.1 Å². The van der Waals surface area contributed by atoms with E-state index in [-0.39, 0.29) is 22.9 Å². The Bertz CT molecular complexity index is 1800. The second-order valence-corrected chi connectivity index (χ2v) is 12.5. The van der Waals surface area contributed by atoms with E-state index >= 15 is 0 Å². The molecule has 4 aliphatic rings. The molecule has 8 rings (SSSR count). The fraction of sp³-hybridized carbons (Fsp3) is 0.424. The predicted molar refractivity (Wildman–Crippen MR) is 161 cm³/mol. The minimum Gasteiger partial charge on any atom is -0.508 e. The van der Waals surface area contributed by atoms with E-state index in [1.165, 1.54) is 6.07 Å². The van der Waals surface area contributed by atoms with Gasteiger partial charge in [-0.1, -0.05) is 12.0 Å². The Morgan fingerprint density at radius 3 is 2.74 bits per heavy atom. The Kier molecular flexibility index (Phi) is 6.17. The monoisotopic (exact) mass is 582 g/mol. The van der Waals surface area contributed by atoms with Crippen molar-refractivity contribution in [3.8, 4) is 35.4 Å². The molecular formula is C33H32F2N6O2. The fourth-order valence-electron chi connectivity index (χ4n) is 7.82. The highest BCUT2D eigenvalue weighted by atomic mass is 19.1. The first-order valence-corrected chi connectivity index (χ1v) is 15.0. The van der Waals surface area contributed by atoms with Gasteiger partial charge < -0.3 is 20.1 Å². The number of pyridine rings is 1. The Balaban J connectivity index is 1.24. The summed E-state index contributed by atoms with van der Waals surface area (Å²) in [6.07, 6.45) is 9.47. The van der Waals surface area contributed by atoms with Crippen molar-refractivity contribution >= 4 is 27.6 Å². The maximum atomic E-state index is 14.8. The number of alkyl halides is 1. The lowest BCUT2D eigenvalue weighted by Gasteiger charge is -2.34. The van der Waals surface area contributed by atoms with Crippen molar-refractivity contribution in [2.24, 2.45) is 0 Å². The molecule has 8 nitrogen and oxygen atoms in total. The van der Waals surface area contributed by atoms with Gasteiger partial charge in [-0.2, -0.15) is 9.97 Å². The number of fused-ring (bicyclic) bond motifs is 5. The van der Waals surface area contributed by atoms with E-state index in [9.17, 15) is 13.9 Å². The lowest BCUT2D eigenvalue weighted by Crippen LogP contribution is -2.51. The van der Waals surface area contributed by atoms with Gasteiger partial charge in [-0.3, -0.25) is 4.90 Å². The largest absolute Gasteiger partial charge is 0.508 e. The van der Waals surface area contributed by atoms with Crippen molar-refractivity contribution in [1.29, 1.82) is 0 Å². The van der Waals surface area contributed by atoms with Crippen LogP contribution in [-0.4, -0.2) is 81.5 Å². The lowest BCUT2D eigenvalue weighted by atomic mass is 9.95. The first kappa shape index (κ1) is 26.5. The molecule has 4 atom stereocenters. The number of halogens is 2. The van der Waals surface area contributed by atoms with Crippen LogP contribution in [0, 0.1) is 18.2 Å². The van der Waals surface area contributed by atoms with Gasteiger partial charge in [0.1, 0.15) is 30.2 Å². The normalized spacial score (nSPS) is 26.7. The van der Waals surface area contributed by atoms with Crippen LogP contribution in [0.25, 0.3) is 33.1 Å². The molecule has 2 aromatic heterocycles. The number of nitrogens with one attached hydrogen (secondary N) is 1. The average Bonchev–Trinajstić information content (AvgIpc) is 3.65. The van der Waals surface area contributed by atoms with E-state index in [0.717, 1.165) is 56.5 Å². The highest BCUT2D eigenvalue weighted by molar-refractivity contribution is 6.02. The van der Waals surface area contributed by atoms with Gasteiger partial charge in [0.15, 0.2) is 5.65 Å². The number of aromatic nitrogens is 3. The number of nitrogens with zero attached hydrogens (tertiary/aromatic N) is 5. The standard InChI is InChI=1S/C33H32F2N6O2/c1-2-24-27(35)8-4-19-12-23(42)13-26(29(19)24)28-9-7-25-30(37-28)38-32(39-31(25)40-16-21-5-6-22(17-40)36-21)43-18-33-10-3-11-41(33)15-20(34)14-33/h1,4,7-9,12-13,20-22,36,42H,3,5-6,10-11,14-18H2/t20-,21?,22?,33+/m1/s1. The third-order valence-corrected chi connectivity index (χ3v) is 9.74. The minimum atomic E-state index is -0.854. The molecule has 0 aliphatic carbocycles. The summed E-state index contributed by atoms with van der Waals surface area (Å²) >= 11 is 0. The molecule has 2 bridgehead atoms. The van der Waals surface area contributed by atoms with Gasteiger partial charge in [-0.25, -0.2) is 13.8 Å². The molecule has 10 heteroatoms. The summed E-state index contributed by atoms with van der Waals surface area (Å²) in [5.41, 5.74) is 1.20. The molecule has 0 amide bonds. The molecule has 220 valence electrons. The summed E-state index contributed by atoms with van der Waals surface area (Å²) in [6, 6.07) is 10.7. The number of hydrogen-bond donors (Lipinski definition) is 2. The first-order chi connectivity index (χ1) is 20.9. The third kappa shape index (κ3) is 4.45. The SMILES string of the molecule is C#Cc1c(F)ccc2cc(O)cc(-c3ccc4c(N5CC6CCC(C5)N6)nc(OC[C@@]56CCCN5C[C@H](F)C6)nc4n3)c12. The van der Waals surface area contributed by atoms with Crippen LogP contribution in [0.3, 0.4) is 0 Å². The quantitative estimate of drug-likeness (QED) is 0.331. The second kappa shape index (κ2) is 10.00. The fourth-order valence-corrected chi connectivity index (χ4v) is 7.82. The van der Waals surface area contributed by atoms with Crippen molar-refractivity contribution in [1.82, 2.24) is 25.2 Å². The molecule has 0 spiro atoms. The molecule has 43 heavy (non-hydrogen) atoms. The number of phenolic OH excluding ortho intramolecular Hbond substituents is 1. The van der Waals surface area contributed by atoms with Gasteiger partial charge >= 0.3 is 6.01 Å². The Morgan fingerprint density at radius 2 is 1.93 bits per heavy atom. The number of terminal acetylenes is 1. The number of hydrogen-bond acceptors (Lipinski definition) is 8. The Morgan fingerprint density at radius 1 is 1.09 bits per heavy atom. The average molecular weight is 583 g/mol. The van der Waals surface area contributed by atoms with Crippen molar-refractivity contribution in [2.45, 2.75) is 55.9 Å². The smallest absolute Gasteiger partial charge is 0.320 e. The molecule has 2 aromatic carbocycles. The summed E-state index contributed by atoms with van der Waals surface area (Å²) in [5, 5.41) is 16.1. The molecule has 4 saturated heterocycles. The highest BCUT2D eigenvalue weighted by Crippen LogP contribution is 2.41. The topological polar surface area (TPSA) is 86.6 Å². The minimum absolute atomic E-state index is 0.0192. The highest BCUT2D eigenvalue weighted by Gasteiger charge is 2.49. The Hall–Kier alpha value is -4.07. The van der Waals surface area contributed by atoms with E-state index in [0.29, 0.717) is 59.3 Å². The van der Waals surface area contributed by atoms with Gasteiger partial charge in [0.2, 0.25) is 0 Å². The molecule has 0 saturated carbocycles. The maximum Gasteiger partial charge on any atom is 0.320 e. The van der Waals surface area contributed by atoms with Gasteiger partial charge in [-0.15, -0.1) is 6.42 Å². The van der Waals surface area contributed by atoms with Crippen molar-refractivity contribution in [3.05, 3.63) is 47.8 Å². The number of aromatic hydroxyl groups is 1. The molecule has 2 unspecified atom stereocenters. The van der Waals surface area contributed by atoms with Crippen molar-refractivity contribution in [3.63, 3.8) is 0 Å². The number of ether oxygens (including phenoxy) is 1. The van der Waals surface area contributed by atoms with E-state index in [2.05, 4.69) is 21.0 Å². The summed E-state index contributed by atoms with van der Waals surface area (Å²) < 4.78 is 35.5. The first-order valence-electron chi connectivity index (χ1n) is 15.0. The van der Waals surface area contributed by atoms with Gasteiger partial charge in [0, 0.05) is 49.1 Å². The molecule has 2 N–H and O–H groups in total. The zero-order chi connectivity index (χ0) is 29.3. The molecule has 0 radical (unpaired) electrons. The summed E-state index contributed by atoms with van der Waals surface area (Å²) in [4.78, 5) is 19.1. The third-order valence-electron chi connectivity index (χ3n) is 9.74. The maximum absolute atomic E-state index is 14.8. The molecule has 4 aromatic rings. The van der Waals surface area contributed by atoms with E-state index in [1.54, 1.807) is 18.2 Å². The summed E-state index contributed by atoms with van der Waals surface area (Å²) in [6.45, 7) is 3.26. The van der Waals surface area contributed by atoms with Crippen LogP contribution in [0.5, 0.6) is 11.8 Å². The molecule has 4 fully saturated rings. The van der Waals surface area contributed by atoms with Gasteiger partial charge in [0.25, 0.3) is 0 Å². The van der Waals surface area contributed by atoms with E-state index in [1.807, 2.05) is 12.1 Å². The van der Waals surface area contributed by atoms with Crippen LogP contribution in [0.15, 0.2) is 36.4 Å². The zero-order valence-corrected chi connectivity index (χ0v) is 23.7. The zero-order valence-electron chi connectivity index (χ0n) is 23.7. The predicted octanol–water partition coefficient (Wildman–Crippen LogP) is 4.57.